The molecule has 2 aromatic rings. The van der Waals surface area contributed by atoms with E-state index in [1.807, 2.05) is 21.1 Å². The van der Waals surface area contributed by atoms with Gasteiger partial charge in [-0.1, -0.05) is 24.3 Å². The van der Waals surface area contributed by atoms with Gasteiger partial charge >= 0.3 is 0 Å². The molecule has 1 aromatic heterocycles. The van der Waals surface area contributed by atoms with Crippen LogP contribution in [-0.4, -0.2) is 65.3 Å². The third-order valence-corrected chi connectivity index (χ3v) is 8.17. The molecule has 0 spiro atoms. The summed E-state index contributed by atoms with van der Waals surface area (Å²) in [5, 5.41) is 2.18. The van der Waals surface area contributed by atoms with Crippen LogP contribution < -0.4 is 0 Å². The third-order valence-electron chi connectivity index (χ3n) is 7.17. The van der Waals surface area contributed by atoms with E-state index in [9.17, 15) is 9.59 Å². The van der Waals surface area contributed by atoms with Crippen molar-refractivity contribution in [1.82, 2.24) is 14.7 Å². The van der Waals surface area contributed by atoms with Crippen LogP contribution in [0.5, 0.6) is 0 Å². The van der Waals surface area contributed by atoms with E-state index < -0.39 is 0 Å². The minimum atomic E-state index is -0.191. The minimum Gasteiger partial charge on any atom is -0.339 e. The second-order valence-electron chi connectivity index (χ2n) is 9.15. The van der Waals surface area contributed by atoms with E-state index >= 15 is 0 Å². The van der Waals surface area contributed by atoms with E-state index in [4.69, 9.17) is 0 Å². The summed E-state index contributed by atoms with van der Waals surface area (Å²) in [6.45, 7) is 7.75. The van der Waals surface area contributed by atoms with Crippen molar-refractivity contribution in [2.45, 2.75) is 45.2 Å². The van der Waals surface area contributed by atoms with Crippen LogP contribution in [0.15, 0.2) is 35.7 Å². The first-order valence-electron chi connectivity index (χ1n) is 11.5. The highest BCUT2D eigenvalue weighted by molar-refractivity contribution is 7.10. The molecule has 2 aliphatic heterocycles. The maximum Gasteiger partial charge on any atom is 0.239 e. The lowest BCUT2D eigenvalue weighted by molar-refractivity contribution is -0.143. The maximum absolute atomic E-state index is 13.5. The molecule has 3 heterocycles. The number of rotatable bonds is 4. The molecule has 1 saturated heterocycles. The minimum absolute atomic E-state index is 0.118. The summed E-state index contributed by atoms with van der Waals surface area (Å²) in [6, 6.07) is 10.7. The van der Waals surface area contributed by atoms with Gasteiger partial charge in [0.2, 0.25) is 11.8 Å². The number of benzene rings is 1. The highest BCUT2D eigenvalue weighted by atomic mass is 32.1. The third kappa shape index (κ3) is 3.92. The highest BCUT2D eigenvalue weighted by Gasteiger charge is 2.39. The number of hydrogen-bond donors (Lipinski definition) is 0. The molecule has 1 aromatic carbocycles. The molecule has 164 valence electrons. The molecule has 1 saturated carbocycles. The van der Waals surface area contributed by atoms with Gasteiger partial charge in [-0.2, -0.15) is 0 Å². The Balaban J connectivity index is 1.34. The summed E-state index contributed by atoms with van der Waals surface area (Å²) in [6.07, 6.45) is 3.07. The first-order valence-corrected chi connectivity index (χ1v) is 12.4. The zero-order valence-corrected chi connectivity index (χ0v) is 19.2. The van der Waals surface area contributed by atoms with Gasteiger partial charge in [0.25, 0.3) is 0 Å². The van der Waals surface area contributed by atoms with Crippen molar-refractivity contribution in [2.24, 2.45) is 5.92 Å². The second kappa shape index (κ2) is 8.40. The molecule has 1 aliphatic carbocycles. The zero-order valence-electron chi connectivity index (χ0n) is 18.4. The molecule has 5 nitrogen and oxygen atoms in total. The molecule has 31 heavy (non-hydrogen) atoms. The topological polar surface area (TPSA) is 43.9 Å². The Morgan fingerprint density at radius 1 is 0.968 bits per heavy atom. The first kappa shape index (κ1) is 20.7. The van der Waals surface area contributed by atoms with E-state index in [2.05, 4.69) is 54.5 Å². The van der Waals surface area contributed by atoms with Gasteiger partial charge in [-0.3, -0.25) is 14.5 Å². The molecule has 0 N–H and O–H groups in total. The lowest BCUT2D eigenvalue weighted by Gasteiger charge is -2.43. The smallest absolute Gasteiger partial charge is 0.239 e. The van der Waals surface area contributed by atoms with Crippen LogP contribution in [0.25, 0.3) is 0 Å². The fourth-order valence-corrected chi connectivity index (χ4v) is 6.04. The Morgan fingerprint density at radius 2 is 1.68 bits per heavy atom. The van der Waals surface area contributed by atoms with Crippen molar-refractivity contribution in [3.05, 3.63) is 57.3 Å². The van der Waals surface area contributed by atoms with Crippen LogP contribution in [0.3, 0.4) is 0 Å². The van der Waals surface area contributed by atoms with Crippen LogP contribution in [-0.2, 0) is 16.0 Å². The zero-order chi connectivity index (χ0) is 21.5. The number of nitrogens with zero attached hydrogens (tertiary/aromatic N) is 3. The van der Waals surface area contributed by atoms with Crippen LogP contribution >= 0.6 is 11.3 Å². The fourth-order valence-electron chi connectivity index (χ4n) is 5.13. The van der Waals surface area contributed by atoms with Gasteiger partial charge in [0, 0.05) is 43.5 Å². The molecular formula is C25H31N3O2S. The van der Waals surface area contributed by atoms with Gasteiger partial charge in [-0.15, -0.1) is 11.3 Å². The molecule has 2 fully saturated rings. The fraction of sp³-hybridized carbons (Fsp3) is 0.520. The number of carbonyl (C=O) groups is 2. The molecule has 0 bridgehead atoms. The van der Waals surface area contributed by atoms with E-state index in [1.165, 1.54) is 21.6 Å². The number of carbonyl (C=O) groups excluding carboxylic acids is 2. The lowest BCUT2D eigenvalue weighted by atomic mass is 9.89. The monoisotopic (exact) mass is 437 g/mol. The first-order chi connectivity index (χ1) is 15.0. The number of amides is 2. The molecule has 2 amide bonds. The van der Waals surface area contributed by atoms with E-state index in [1.54, 1.807) is 0 Å². The van der Waals surface area contributed by atoms with Crippen molar-refractivity contribution < 1.29 is 9.59 Å². The van der Waals surface area contributed by atoms with Crippen LogP contribution in [0.4, 0.5) is 0 Å². The summed E-state index contributed by atoms with van der Waals surface area (Å²) >= 11 is 1.83. The summed E-state index contributed by atoms with van der Waals surface area (Å²) in [5.74, 6) is 0.737. The average molecular weight is 438 g/mol. The maximum atomic E-state index is 13.5. The summed E-state index contributed by atoms with van der Waals surface area (Å²) in [7, 11) is 0. The Labute approximate surface area is 188 Å². The van der Waals surface area contributed by atoms with E-state index in [0.717, 1.165) is 25.8 Å². The summed E-state index contributed by atoms with van der Waals surface area (Å²) in [4.78, 5) is 33.6. The molecule has 5 rings (SSSR count). The van der Waals surface area contributed by atoms with E-state index in [0.29, 0.717) is 32.1 Å². The molecule has 6 heteroatoms. The molecule has 2 atom stereocenters. The largest absolute Gasteiger partial charge is 0.339 e. The Kier molecular flexibility index (Phi) is 5.61. The number of piperazine rings is 1. The number of thiophene rings is 1. The van der Waals surface area contributed by atoms with Crippen molar-refractivity contribution in [3.63, 3.8) is 0 Å². The van der Waals surface area contributed by atoms with Crippen molar-refractivity contribution >= 4 is 23.2 Å². The quantitative estimate of drug-likeness (QED) is 0.736. The van der Waals surface area contributed by atoms with Gasteiger partial charge in [0.05, 0.1) is 12.1 Å². The molecule has 2 unspecified atom stereocenters. The van der Waals surface area contributed by atoms with Crippen molar-refractivity contribution in [3.8, 4) is 0 Å². The van der Waals surface area contributed by atoms with Gasteiger partial charge in [0.1, 0.15) is 0 Å². The SMILES string of the molecule is Cc1ccccc1C1c2ccsc2CCN1C(C)C(=O)N1CCN(C(=O)C2CC2)CC1. The van der Waals surface area contributed by atoms with Gasteiger partial charge < -0.3 is 9.80 Å². The van der Waals surface area contributed by atoms with Gasteiger partial charge in [-0.25, -0.2) is 0 Å². The highest BCUT2D eigenvalue weighted by Crippen LogP contribution is 2.40. The normalized spacial score (nSPS) is 22.8. The second-order valence-corrected chi connectivity index (χ2v) is 10.1. The van der Waals surface area contributed by atoms with Gasteiger partial charge in [0.15, 0.2) is 0 Å². The Morgan fingerprint density at radius 3 is 2.39 bits per heavy atom. The Bertz CT molecular complexity index is 975. The number of aryl methyl sites for hydroxylation is 1. The predicted octanol–water partition coefficient (Wildman–Crippen LogP) is 3.47. The molecular weight excluding hydrogens is 406 g/mol. The standard InChI is InChI=1S/C25H31N3O2S/c1-17-5-3-4-6-20(17)23-21-10-16-31-22(21)9-11-28(23)18(2)24(29)26-12-14-27(15-13-26)25(30)19-7-8-19/h3-6,10,16,18-19,23H,7-9,11-15H2,1-2H3. The van der Waals surface area contributed by atoms with Crippen molar-refractivity contribution in [1.29, 1.82) is 0 Å². The number of fused-ring (bicyclic) bond motifs is 1. The van der Waals surface area contributed by atoms with Crippen LogP contribution in [0.1, 0.15) is 47.4 Å². The summed E-state index contributed by atoms with van der Waals surface area (Å²) < 4.78 is 0. The summed E-state index contributed by atoms with van der Waals surface area (Å²) in [5.41, 5.74) is 3.91. The molecule has 3 aliphatic rings. The van der Waals surface area contributed by atoms with Crippen LogP contribution in [0, 0.1) is 12.8 Å². The van der Waals surface area contributed by atoms with Crippen LogP contribution in [0.2, 0.25) is 0 Å². The average Bonchev–Trinajstić information content (AvgIpc) is 3.54. The van der Waals surface area contributed by atoms with Gasteiger partial charge in [-0.05, 0) is 61.2 Å². The van der Waals surface area contributed by atoms with E-state index in [-0.39, 0.29) is 23.9 Å². The number of hydrogen-bond acceptors (Lipinski definition) is 4. The Hall–Kier alpha value is -2.18. The lowest BCUT2D eigenvalue weighted by Crippen LogP contribution is -2.56. The van der Waals surface area contributed by atoms with Crippen molar-refractivity contribution in [2.75, 3.05) is 32.7 Å². The predicted molar refractivity (Wildman–Crippen MR) is 123 cm³/mol. The molecule has 0 radical (unpaired) electrons.